The third kappa shape index (κ3) is 4.94. The van der Waals surface area contributed by atoms with Crippen LogP contribution in [-0.4, -0.2) is 41.8 Å². The van der Waals surface area contributed by atoms with Gasteiger partial charge in [-0.1, -0.05) is 23.2 Å². The third-order valence-corrected chi connectivity index (χ3v) is 4.25. The van der Waals surface area contributed by atoms with Crippen LogP contribution in [0.3, 0.4) is 0 Å². The quantitative estimate of drug-likeness (QED) is 0.573. The van der Waals surface area contributed by atoms with Crippen molar-refractivity contribution >= 4 is 51.7 Å². The molecule has 1 N–H and O–H groups in total. The van der Waals surface area contributed by atoms with Crippen LogP contribution in [0.25, 0.3) is 0 Å². The maximum atomic E-state index is 12.4. The van der Waals surface area contributed by atoms with Crippen molar-refractivity contribution < 1.29 is 23.1 Å². The Morgan fingerprint density at radius 3 is 2.45 bits per heavy atom. The van der Waals surface area contributed by atoms with E-state index in [1.165, 1.54) is 12.1 Å². The number of hydrogen-bond acceptors (Lipinski definition) is 2. The number of carbonyl (C=O) groups excluding carboxylic acids is 1. The fourth-order valence-electron chi connectivity index (χ4n) is 1.47. The Kier molecular flexibility index (Phi) is 6.36. The van der Waals surface area contributed by atoms with E-state index in [9.17, 15) is 18.0 Å². The van der Waals surface area contributed by atoms with Crippen molar-refractivity contribution in [2.45, 2.75) is 6.18 Å². The number of aliphatic hydroxyl groups excluding tert-OH is 1. The molecule has 1 rings (SSSR count). The highest BCUT2D eigenvalue weighted by Gasteiger charge is 2.33. The molecule has 3 nitrogen and oxygen atoms in total. The van der Waals surface area contributed by atoms with E-state index in [4.69, 9.17) is 28.3 Å². The van der Waals surface area contributed by atoms with Crippen LogP contribution >= 0.6 is 45.8 Å². The Morgan fingerprint density at radius 2 is 1.95 bits per heavy atom. The largest absolute Gasteiger partial charge is 0.406 e. The van der Waals surface area contributed by atoms with Crippen LogP contribution in [-0.2, 0) is 0 Å². The van der Waals surface area contributed by atoms with E-state index in [1.807, 2.05) is 0 Å². The molecule has 0 unspecified atom stereocenters. The minimum absolute atomic E-state index is 0.0270. The van der Waals surface area contributed by atoms with Gasteiger partial charge in [-0.3, -0.25) is 4.79 Å². The van der Waals surface area contributed by atoms with E-state index in [0.717, 1.165) is 0 Å². The second kappa shape index (κ2) is 7.15. The summed E-state index contributed by atoms with van der Waals surface area (Å²) in [5, 5.41) is 9.12. The molecule has 0 fully saturated rings. The lowest BCUT2D eigenvalue weighted by molar-refractivity contribution is -0.141. The number of halogens is 6. The molecule has 0 saturated carbocycles. The third-order valence-electron chi connectivity index (χ3n) is 2.25. The lowest BCUT2D eigenvalue weighted by Crippen LogP contribution is -2.41. The van der Waals surface area contributed by atoms with Gasteiger partial charge in [-0.15, -0.1) is 0 Å². The predicted molar refractivity (Wildman–Crippen MR) is 78.2 cm³/mol. The van der Waals surface area contributed by atoms with Gasteiger partial charge >= 0.3 is 6.18 Å². The maximum Gasteiger partial charge on any atom is 0.406 e. The summed E-state index contributed by atoms with van der Waals surface area (Å²) < 4.78 is 37.6. The fourth-order valence-corrected chi connectivity index (χ4v) is 2.51. The summed E-state index contributed by atoms with van der Waals surface area (Å²) in [6.45, 7) is -2.46. The second-order valence-corrected chi connectivity index (χ2v) is 5.74. The molecule has 0 aliphatic heterocycles. The molecule has 0 aliphatic rings. The van der Waals surface area contributed by atoms with Crippen LogP contribution in [0.15, 0.2) is 12.1 Å². The number of hydrogen-bond donors (Lipinski definition) is 1. The lowest BCUT2D eigenvalue weighted by atomic mass is 10.2. The van der Waals surface area contributed by atoms with Crippen molar-refractivity contribution in [3.05, 3.63) is 31.3 Å². The van der Waals surface area contributed by atoms with Crippen LogP contribution in [0, 0.1) is 3.57 Å². The summed E-state index contributed by atoms with van der Waals surface area (Å²) in [6.07, 6.45) is -4.56. The Bertz CT molecular complexity index is 511. The summed E-state index contributed by atoms with van der Waals surface area (Å²) in [5.41, 5.74) is -0.0270. The van der Waals surface area contributed by atoms with Crippen LogP contribution in [0.2, 0.25) is 10.0 Å². The molecule has 0 aromatic heterocycles. The molecule has 0 spiro atoms. The number of rotatable bonds is 4. The number of nitrogens with zero attached hydrogens (tertiary/aromatic N) is 1. The van der Waals surface area contributed by atoms with Gasteiger partial charge in [0, 0.05) is 15.1 Å². The van der Waals surface area contributed by atoms with Crippen molar-refractivity contribution in [1.29, 1.82) is 0 Å². The monoisotopic (exact) mass is 441 g/mol. The molecule has 0 heterocycles. The zero-order valence-corrected chi connectivity index (χ0v) is 13.5. The normalized spacial score (nSPS) is 11.6. The lowest BCUT2D eigenvalue weighted by Gasteiger charge is -2.23. The van der Waals surface area contributed by atoms with Gasteiger partial charge in [0.05, 0.1) is 17.2 Å². The van der Waals surface area contributed by atoms with Crippen molar-refractivity contribution in [3.8, 4) is 0 Å². The molecule has 1 aromatic carbocycles. The molecular formula is C11H9Cl2F3INO2. The van der Waals surface area contributed by atoms with E-state index < -0.39 is 31.8 Å². The summed E-state index contributed by atoms with van der Waals surface area (Å²) in [7, 11) is 0. The van der Waals surface area contributed by atoms with Crippen LogP contribution in [0.1, 0.15) is 10.4 Å². The highest BCUT2D eigenvalue weighted by Crippen LogP contribution is 2.28. The van der Waals surface area contributed by atoms with Gasteiger partial charge in [0.2, 0.25) is 0 Å². The molecule has 9 heteroatoms. The van der Waals surface area contributed by atoms with Gasteiger partial charge in [0.1, 0.15) is 6.54 Å². The van der Waals surface area contributed by atoms with E-state index in [-0.39, 0.29) is 15.6 Å². The first-order chi connectivity index (χ1) is 9.15. The smallest absolute Gasteiger partial charge is 0.395 e. The van der Waals surface area contributed by atoms with Crippen molar-refractivity contribution in [1.82, 2.24) is 4.90 Å². The van der Waals surface area contributed by atoms with Gasteiger partial charge in [0.25, 0.3) is 5.91 Å². The molecule has 1 aromatic rings. The van der Waals surface area contributed by atoms with Gasteiger partial charge in [-0.2, -0.15) is 13.2 Å². The summed E-state index contributed by atoms with van der Waals surface area (Å²) in [5.74, 6) is -0.884. The van der Waals surface area contributed by atoms with E-state index in [2.05, 4.69) is 0 Å². The number of carbonyl (C=O) groups is 1. The van der Waals surface area contributed by atoms with Crippen LogP contribution in [0.4, 0.5) is 13.2 Å². The topological polar surface area (TPSA) is 40.5 Å². The average Bonchev–Trinajstić information content (AvgIpc) is 2.30. The van der Waals surface area contributed by atoms with Gasteiger partial charge in [-0.05, 0) is 34.7 Å². The van der Waals surface area contributed by atoms with Crippen LogP contribution < -0.4 is 0 Å². The molecule has 0 atom stereocenters. The van der Waals surface area contributed by atoms with Gasteiger partial charge < -0.3 is 10.0 Å². The Morgan fingerprint density at radius 1 is 1.35 bits per heavy atom. The molecule has 20 heavy (non-hydrogen) atoms. The van der Waals surface area contributed by atoms with Crippen molar-refractivity contribution in [2.75, 3.05) is 19.7 Å². The van der Waals surface area contributed by atoms with Gasteiger partial charge in [-0.25, -0.2) is 0 Å². The first kappa shape index (κ1) is 17.8. The maximum absolute atomic E-state index is 12.4. The summed E-state index contributed by atoms with van der Waals surface area (Å²) in [6, 6.07) is 2.64. The minimum Gasteiger partial charge on any atom is -0.395 e. The molecule has 1 amide bonds. The first-order valence-corrected chi connectivity index (χ1v) is 7.10. The first-order valence-electron chi connectivity index (χ1n) is 5.27. The van der Waals surface area contributed by atoms with Crippen LogP contribution in [0.5, 0.6) is 0 Å². The predicted octanol–water partition coefficient (Wildman–Crippen LogP) is 3.59. The number of amides is 1. The Labute approximate surface area is 136 Å². The SMILES string of the molecule is O=C(c1cc(Cl)cc(Cl)c1I)N(CCO)CC(F)(F)F. The fraction of sp³-hybridized carbons (Fsp3) is 0.364. The zero-order chi connectivity index (χ0) is 15.5. The van der Waals surface area contributed by atoms with Crippen molar-refractivity contribution in [2.24, 2.45) is 0 Å². The number of aliphatic hydroxyl groups is 1. The minimum atomic E-state index is -4.56. The molecule has 0 bridgehead atoms. The van der Waals surface area contributed by atoms with Crippen molar-refractivity contribution in [3.63, 3.8) is 0 Å². The summed E-state index contributed by atoms with van der Waals surface area (Å²) >= 11 is 13.3. The molecular weight excluding hydrogens is 433 g/mol. The standard InChI is InChI=1S/C11H9Cl2F3INO2/c12-6-3-7(9(17)8(13)4-6)10(20)18(1-2-19)5-11(14,15)16/h3-4,19H,1-2,5H2. The molecule has 0 radical (unpaired) electrons. The second-order valence-electron chi connectivity index (χ2n) is 3.81. The number of alkyl halides is 3. The molecule has 0 saturated heterocycles. The van der Waals surface area contributed by atoms with E-state index >= 15 is 0 Å². The molecule has 0 aliphatic carbocycles. The summed E-state index contributed by atoms with van der Waals surface area (Å²) in [4.78, 5) is 12.6. The van der Waals surface area contributed by atoms with E-state index in [0.29, 0.717) is 8.47 Å². The highest BCUT2D eigenvalue weighted by atomic mass is 127. The average molecular weight is 442 g/mol. The molecule has 112 valence electrons. The Balaban J connectivity index is 3.12. The number of benzene rings is 1. The highest BCUT2D eigenvalue weighted by molar-refractivity contribution is 14.1. The zero-order valence-electron chi connectivity index (χ0n) is 9.85. The Hall–Kier alpha value is -0.250. The van der Waals surface area contributed by atoms with E-state index in [1.54, 1.807) is 22.6 Å². The van der Waals surface area contributed by atoms with Gasteiger partial charge in [0.15, 0.2) is 0 Å².